The van der Waals surface area contributed by atoms with Gasteiger partial charge in [-0.2, -0.15) is 0 Å². The van der Waals surface area contributed by atoms with Crippen LogP contribution in [-0.4, -0.2) is 50.5 Å². The second-order valence-electron chi connectivity index (χ2n) is 7.69. The molecule has 0 spiro atoms. The van der Waals surface area contributed by atoms with Crippen LogP contribution in [0, 0.1) is 12.8 Å². The highest BCUT2D eigenvalue weighted by Crippen LogP contribution is 2.26. The van der Waals surface area contributed by atoms with E-state index < -0.39 is 6.43 Å². The minimum atomic E-state index is -2.24. The maximum absolute atomic E-state index is 12.7. The molecule has 0 atom stereocenters. The van der Waals surface area contributed by atoms with Crippen LogP contribution in [0.15, 0.2) is 24.5 Å². The predicted molar refractivity (Wildman–Crippen MR) is 111 cm³/mol. The van der Waals surface area contributed by atoms with Crippen LogP contribution in [0.3, 0.4) is 0 Å². The van der Waals surface area contributed by atoms with Gasteiger partial charge in [-0.05, 0) is 49.6 Å². The van der Waals surface area contributed by atoms with Crippen LogP contribution >= 0.6 is 11.3 Å². The van der Waals surface area contributed by atoms with Crippen LogP contribution in [0.25, 0.3) is 21.5 Å². The van der Waals surface area contributed by atoms with Crippen molar-refractivity contribution in [3.05, 3.63) is 35.2 Å². The van der Waals surface area contributed by atoms with Gasteiger partial charge in [-0.25, -0.2) is 8.78 Å². The Morgan fingerprint density at radius 3 is 2.63 bits per heavy atom. The summed E-state index contributed by atoms with van der Waals surface area (Å²) in [6, 6.07) is 3.86. The molecule has 3 aromatic rings. The molecule has 9 heteroatoms. The number of fused-ring (bicyclic) bond motifs is 1. The lowest BCUT2D eigenvalue weighted by atomic mass is 9.92. The molecular formula is C21H23F2N5OS. The molecule has 1 saturated heterocycles. The van der Waals surface area contributed by atoms with Gasteiger partial charge >= 0.3 is 0 Å². The Hall–Kier alpha value is -2.55. The molecule has 0 aliphatic carbocycles. The lowest BCUT2D eigenvalue weighted by Crippen LogP contribution is -2.39. The van der Waals surface area contributed by atoms with Crippen molar-refractivity contribution < 1.29 is 13.6 Å². The fourth-order valence-electron chi connectivity index (χ4n) is 3.80. The molecule has 4 heterocycles. The third kappa shape index (κ3) is 4.95. The molecule has 3 aromatic heterocycles. The highest BCUT2D eigenvalue weighted by atomic mass is 32.1. The van der Waals surface area contributed by atoms with Gasteiger partial charge in [-0.15, -0.1) is 10.2 Å². The van der Waals surface area contributed by atoms with Gasteiger partial charge in [-0.3, -0.25) is 14.8 Å². The zero-order chi connectivity index (χ0) is 21.1. The van der Waals surface area contributed by atoms with Gasteiger partial charge in [0, 0.05) is 37.3 Å². The fourth-order valence-corrected chi connectivity index (χ4v) is 4.46. The highest BCUT2D eigenvalue weighted by molar-refractivity contribution is 7.14. The van der Waals surface area contributed by atoms with Gasteiger partial charge in [0.15, 0.2) is 5.01 Å². The van der Waals surface area contributed by atoms with E-state index in [0.717, 1.165) is 39.3 Å². The number of amides is 1. The lowest BCUT2D eigenvalue weighted by Gasteiger charge is -2.32. The van der Waals surface area contributed by atoms with E-state index in [9.17, 15) is 13.6 Å². The Morgan fingerprint density at radius 1 is 1.17 bits per heavy atom. The van der Waals surface area contributed by atoms with Crippen LogP contribution in [-0.2, 0) is 11.2 Å². The second kappa shape index (κ2) is 9.07. The summed E-state index contributed by atoms with van der Waals surface area (Å²) in [5.74, 6) is 0.319. The monoisotopic (exact) mass is 431 g/mol. The molecule has 0 aromatic carbocycles. The van der Waals surface area contributed by atoms with Crippen LogP contribution in [0.1, 0.15) is 36.4 Å². The van der Waals surface area contributed by atoms with E-state index >= 15 is 0 Å². The summed E-state index contributed by atoms with van der Waals surface area (Å²) in [6.07, 6.45) is 3.55. The van der Waals surface area contributed by atoms with Crippen molar-refractivity contribution in [1.82, 2.24) is 25.1 Å². The highest BCUT2D eigenvalue weighted by Gasteiger charge is 2.23. The first-order valence-electron chi connectivity index (χ1n) is 10.1. The molecule has 158 valence electrons. The number of piperidine rings is 1. The molecule has 1 amide bonds. The molecule has 30 heavy (non-hydrogen) atoms. The standard InChI is InChI=1S/C21H23F2N5OS/c1-13-26-27-21(30-13)18-9-15-8-17(24-11-16(15)12-25-18)10-20(29)28-6-4-14(5-7-28)2-3-19(22)23/h8-9,11-12,14,19H,2-7,10H2,1H3. The quantitative estimate of drug-likeness (QED) is 0.582. The van der Waals surface area contributed by atoms with Crippen LogP contribution in [0.5, 0.6) is 0 Å². The number of alkyl halides is 2. The fraction of sp³-hybridized carbons (Fsp3) is 0.476. The minimum Gasteiger partial charge on any atom is -0.342 e. The Balaban J connectivity index is 1.40. The van der Waals surface area contributed by atoms with Gasteiger partial charge in [0.2, 0.25) is 12.3 Å². The molecule has 1 aliphatic rings. The smallest absolute Gasteiger partial charge is 0.238 e. The third-order valence-corrected chi connectivity index (χ3v) is 6.36. The number of hydrogen-bond acceptors (Lipinski definition) is 6. The van der Waals surface area contributed by atoms with Crippen LogP contribution in [0.2, 0.25) is 0 Å². The molecule has 0 unspecified atom stereocenters. The van der Waals surface area contributed by atoms with Gasteiger partial charge in [0.05, 0.1) is 12.1 Å². The molecule has 0 saturated carbocycles. The predicted octanol–water partition coefficient (Wildman–Crippen LogP) is 4.28. The van der Waals surface area contributed by atoms with Crippen LogP contribution < -0.4 is 0 Å². The number of aryl methyl sites for hydroxylation is 1. The third-order valence-electron chi connectivity index (χ3n) is 5.50. The first kappa shape index (κ1) is 20.7. The van der Waals surface area contributed by atoms with Gasteiger partial charge in [0.25, 0.3) is 0 Å². The summed E-state index contributed by atoms with van der Waals surface area (Å²) < 4.78 is 24.8. The summed E-state index contributed by atoms with van der Waals surface area (Å²) in [5.41, 5.74) is 1.46. The first-order valence-corrected chi connectivity index (χ1v) is 10.9. The maximum Gasteiger partial charge on any atom is 0.238 e. The van der Waals surface area contributed by atoms with Crippen molar-refractivity contribution in [2.24, 2.45) is 5.92 Å². The second-order valence-corrected chi connectivity index (χ2v) is 8.87. The van der Waals surface area contributed by atoms with Crippen molar-refractivity contribution in [3.63, 3.8) is 0 Å². The van der Waals surface area contributed by atoms with E-state index in [1.165, 1.54) is 11.3 Å². The van der Waals surface area contributed by atoms with E-state index in [-0.39, 0.29) is 24.7 Å². The molecule has 0 radical (unpaired) electrons. The maximum atomic E-state index is 12.7. The van der Waals surface area contributed by atoms with Crippen molar-refractivity contribution in [3.8, 4) is 10.7 Å². The van der Waals surface area contributed by atoms with Crippen molar-refractivity contribution in [1.29, 1.82) is 0 Å². The number of likely N-dealkylation sites (tertiary alicyclic amines) is 1. The number of aromatic nitrogens is 4. The topological polar surface area (TPSA) is 71.9 Å². The van der Waals surface area contributed by atoms with E-state index in [0.29, 0.717) is 25.2 Å². The average Bonchev–Trinajstić information content (AvgIpc) is 3.18. The summed E-state index contributed by atoms with van der Waals surface area (Å²) in [7, 11) is 0. The zero-order valence-electron chi connectivity index (χ0n) is 16.7. The lowest BCUT2D eigenvalue weighted by molar-refractivity contribution is -0.132. The summed E-state index contributed by atoms with van der Waals surface area (Å²) >= 11 is 1.49. The van der Waals surface area contributed by atoms with Gasteiger partial charge < -0.3 is 4.90 Å². The van der Waals surface area contributed by atoms with Crippen molar-refractivity contribution in [2.45, 2.75) is 45.5 Å². The number of hydrogen-bond donors (Lipinski definition) is 0. The Morgan fingerprint density at radius 2 is 1.93 bits per heavy atom. The van der Waals surface area contributed by atoms with E-state index in [1.807, 2.05) is 24.0 Å². The first-order chi connectivity index (χ1) is 14.5. The number of pyridine rings is 2. The Labute approximate surface area is 177 Å². The SMILES string of the molecule is Cc1nnc(-c2cc3cc(CC(=O)N4CCC(CCC(F)F)CC4)ncc3cn2)s1. The molecule has 1 aliphatic heterocycles. The molecule has 4 rings (SSSR count). The number of carbonyl (C=O) groups excluding carboxylic acids is 1. The van der Waals surface area contributed by atoms with Crippen molar-refractivity contribution in [2.75, 3.05) is 13.1 Å². The molecule has 6 nitrogen and oxygen atoms in total. The van der Waals surface area contributed by atoms with E-state index in [4.69, 9.17) is 0 Å². The Kier molecular flexibility index (Phi) is 6.26. The summed E-state index contributed by atoms with van der Waals surface area (Å²) in [5, 5.41) is 11.7. The zero-order valence-corrected chi connectivity index (χ0v) is 17.5. The van der Waals surface area contributed by atoms with E-state index in [2.05, 4.69) is 20.2 Å². The number of carbonyl (C=O) groups is 1. The number of nitrogens with zero attached hydrogens (tertiary/aromatic N) is 5. The molecular weight excluding hydrogens is 408 g/mol. The number of halogens is 2. The largest absolute Gasteiger partial charge is 0.342 e. The summed E-state index contributed by atoms with van der Waals surface area (Å²) in [4.78, 5) is 23.4. The number of rotatable bonds is 6. The summed E-state index contributed by atoms with van der Waals surface area (Å²) in [6.45, 7) is 3.16. The van der Waals surface area contributed by atoms with Crippen LogP contribution in [0.4, 0.5) is 8.78 Å². The normalized spacial score (nSPS) is 15.3. The molecule has 1 fully saturated rings. The van der Waals surface area contributed by atoms with E-state index in [1.54, 1.807) is 12.4 Å². The van der Waals surface area contributed by atoms with Gasteiger partial charge in [0.1, 0.15) is 10.7 Å². The average molecular weight is 432 g/mol. The van der Waals surface area contributed by atoms with Gasteiger partial charge in [-0.1, -0.05) is 11.3 Å². The Bertz CT molecular complexity index is 1030. The minimum absolute atomic E-state index is 0.0307. The molecule has 0 N–H and O–H groups in total. The van der Waals surface area contributed by atoms with Crippen molar-refractivity contribution >= 4 is 28.0 Å². The molecule has 0 bridgehead atoms.